The van der Waals surface area contributed by atoms with Gasteiger partial charge in [0.05, 0.1) is 17.2 Å². The standard InChI is InChI=1S/C21H22F3N5O2.C10H12ClN3O2/c22-21(23,24)16-4-2-1-3-15(16)20(31)29-11-9-28(10-12-29)18-8-7-17(26-27-18)19(30)25-13-14-5-6-14;11-9-4-3-7(13-14-9)10(16)12-5-8(15)6-1-2-6/h1-4,7-8,14H,5-6,9-13H2,(H,25,30);3-4,6,8,15H,1-2,5H2,(H,12,16). The van der Waals surface area contributed by atoms with Crippen LogP contribution in [-0.4, -0.2) is 93.5 Å². The third-order valence-corrected chi connectivity index (χ3v) is 8.19. The van der Waals surface area contributed by atoms with E-state index in [2.05, 4.69) is 31.0 Å². The highest BCUT2D eigenvalue weighted by Crippen LogP contribution is 2.33. The third-order valence-electron chi connectivity index (χ3n) is 7.99. The van der Waals surface area contributed by atoms with Crippen LogP contribution in [0.5, 0.6) is 0 Å². The van der Waals surface area contributed by atoms with Crippen molar-refractivity contribution in [3.05, 3.63) is 76.2 Å². The van der Waals surface area contributed by atoms with Crippen molar-refractivity contribution in [2.24, 2.45) is 11.8 Å². The minimum atomic E-state index is -4.59. The second kappa shape index (κ2) is 15.0. The van der Waals surface area contributed by atoms with Gasteiger partial charge in [0.15, 0.2) is 22.4 Å². The van der Waals surface area contributed by atoms with Crippen molar-refractivity contribution in [3.63, 3.8) is 0 Å². The summed E-state index contributed by atoms with van der Waals surface area (Å²) in [5.41, 5.74) is -0.831. The van der Waals surface area contributed by atoms with E-state index in [4.69, 9.17) is 11.6 Å². The van der Waals surface area contributed by atoms with E-state index in [1.807, 2.05) is 4.90 Å². The van der Waals surface area contributed by atoms with E-state index in [1.165, 1.54) is 35.2 Å². The van der Waals surface area contributed by atoms with Crippen LogP contribution in [0.25, 0.3) is 0 Å². The highest BCUT2D eigenvalue weighted by molar-refractivity contribution is 6.29. The van der Waals surface area contributed by atoms with Crippen molar-refractivity contribution in [3.8, 4) is 0 Å². The maximum Gasteiger partial charge on any atom is 0.417 e. The van der Waals surface area contributed by atoms with Crippen LogP contribution < -0.4 is 15.5 Å². The van der Waals surface area contributed by atoms with Gasteiger partial charge >= 0.3 is 6.18 Å². The monoisotopic (exact) mass is 674 g/mol. The maximum atomic E-state index is 13.2. The lowest BCUT2D eigenvalue weighted by Gasteiger charge is -2.35. The molecule has 250 valence electrons. The molecule has 0 radical (unpaired) electrons. The quantitative estimate of drug-likeness (QED) is 0.311. The Hall–Kier alpha value is -4.37. The van der Waals surface area contributed by atoms with Gasteiger partial charge in [-0.3, -0.25) is 14.4 Å². The van der Waals surface area contributed by atoms with Crippen LogP contribution in [-0.2, 0) is 6.18 Å². The highest BCUT2D eigenvalue weighted by atomic mass is 35.5. The Balaban J connectivity index is 0.000000227. The molecule has 2 aromatic heterocycles. The summed E-state index contributed by atoms with van der Waals surface area (Å²) in [5, 5.41) is 30.5. The van der Waals surface area contributed by atoms with Gasteiger partial charge in [-0.25, -0.2) is 0 Å². The first-order chi connectivity index (χ1) is 22.5. The van der Waals surface area contributed by atoms with Gasteiger partial charge in [0.1, 0.15) is 0 Å². The zero-order chi connectivity index (χ0) is 33.6. The second-order valence-electron chi connectivity index (χ2n) is 11.6. The molecular weight excluding hydrogens is 641 g/mol. The Labute approximate surface area is 273 Å². The molecule has 16 heteroatoms. The van der Waals surface area contributed by atoms with Gasteiger partial charge in [0.25, 0.3) is 17.7 Å². The normalized spacial score (nSPS) is 16.9. The molecular formula is C31H34ClF3N8O4. The molecule has 1 atom stereocenters. The van der Waals surface area contributed by atoms with E-state index in [-0.39, 0.29) is 53.6 Å². The number of carbonyl (C=O) groups excluding carboxylic acids is 3. The Bertz CT molecular complexity index is 1550. The summed E-state index contributed by atoms with van der Waals surface area (Å²) in [6.45, 7) is 2.24. The summed E-state index contributed by atoms with van der Waals surface area (Å²) >= 11 is 5.55. The lowest BCUT2D eigenvalue weighted by Crippen LogP contribution is -2.49. The molecule has 3 aliphatic rings. The van der Waals surface area contributed by atoms with Crippen molar-refractivity contribution in [2.75, 3.05) is 44.2 Å². The van der Waals surface area contributed by atoms with Gasteiger partial charge in [-0.1, -0.05) is 23.7 Å². The minimum Gasteiger partial charge on any atom is -0.391 e. The fraction of sp³-hybridized carbons (Fsp3) is 0.452. The van der Waals surface area contributed by atoms with Crippen molar-refractivity contribution in [2.45, 2.75) is 38.0 Å². The lowest BCUT2D eigenvalue weighted by molar-refractivity contribution is -0.138. The van der Waals surface area contributed by atoms with Gasteiger partial charge in [0.2, 0.25) is 0 Å². The third kappa shape index (κ3) is 9.58. The van der Waals surface area contributed by atoms with Gasteiger partial charge in [-0.05, 0) is 73.9 Å². The molecule has 2 saturated carbocycles. The maximum absolute atomic E-state index is 13.2. The van der Waals surface area contributed by atoms with Crippen LogP contribution in [0.15, 0.2) is 48.5 Å². The van der Waals surface area contributed by atoms with Crippen LogP contribution in [0.2, 0.25) is 5.15 Å². The summed E-state index contributed by atoms with van der Waals surface area (Å²) in [6, 6.07) is 11.1. The number of piperazine rings is 1. The van der Waals surface area contributed by atoms with E-state index in [0.29, 0.717) is 37.3 Å². The average molecular weight is 675 g/mol. The lowest BCUT2D eigenvalue weighted by atomic mass is 10.1. The number of aliphatic hydroxyl groups is 1. The number of hydrogen-bond acceptors (Lipinski definition) is 9. The molecule has 3 fully saturated rings. The van der Waals surface area contributed by atoms with Crippen LogP contribution in [0, 0.1) is 11.8 Å². The van der Waals surface area contributed by atoms with Crippen molar-refractivity contribution in [1.82, 2.24) is 35.9 Å². The number of nitrogens with zero attached hydrogens (tertiary/aromatic N) is 6. The summed E-state index contributed by atoms with van der Waals surface area (Å²) in [5.74, 6) is 0.228. The number of aliphatic hydroxyl groups excluding tert-OH is 1. The molecule has 12 nitrogen and oxygen atoms in total. The molecule has 2 aliphatic carbocycles. The molecule has 3 N–H and O–H groups in total. The molecule has 1 unspecified atom stereocenters. The van der Waals surface area contributed by atoms with Gasteiger partial charge < -0.3 is 25.5 Å². The number of rotatable bonds is 9. The zero-order valence-electron chi connectivity index (χ0n) is 25.3. The number of hydrogen-bond donors (Lipinski definition) is 3. The largest absolute Gasteiger partial charge is 0.417 e. The topological polar surface area (TPSA) is 154 Å². The van der Waals surface area contributed by atoms with Crippen molar-refractivity contribution < 1.29 is 32.7 Å². The molecule has 6 rings (SSSR count). The smallest absolute Gasteiger partial charge is 0.391 e. The Morgan fingerprint density at radius 3 is 2.06 bits per heavy atom. The number of nitrogens with one attached hydrogen (secondary N) is 2. The van der Waals surface area contributed by atoms with Crippen LogP contribution in [0.1, 0.15) is 62.6 Å². The number of alkyl halides is 3. The SMILES string of the molecule is O=C(NCC(O)C1CC1)c1ccc(Cl)nn1.O=C(NCC1CC1)c1ccc(N2CCN(C(=O)c3ccccc3C(F)(F)F)CC2)nn1. The summed E-state index contributed by atoms with van der Waals surface area (Å²) in [7, 11) is 0. The molecule has 3 amide bonds. The van der Waals surface area contributed by atoms with Crippen molar-refractivity contribution >= 4 is 35.1 Å². The summed E-state index contributed by atoms with van der Waals surface area (Å²) < 4.78 is 39.7. The minimum absolute atomic E-state index is 0.201. The van der Waals surface area contributed by atoms with Crippen molar-refractivity contribution in [1.29, 1.82) is 0 Å². The van der Waals surface area contributed by atoms with Gasteiger partial charge in [-0.15, -0.1) is 20.4 Å². The molecule has 47 heavy (non-hydrogen) atoms. The molecule has 3 heterocycles. The predicted octanol–water partition coefficient (Wildman–Crippen LogP) is 3.23. The number of carbonyl (C=O) groups is 3. The van der Waals surface area contributed by atoms with E-state index in [9.17, 15) is 32.7 Å². The van der Waals surface area contributed by atoms with Crippen LogP contribution in [0.3, 0.4) is 0 Å². The first-order valence-corrected chi connectivity index (χ1v) is 15.6. The number of anilines is 1. The molecule has 1 aliphatic heterocycles. The first-order valence-electron chi connectivity index (χ1n) is 15.3. The highest BCUT2D eigenvalue weighted by Gasteiger charge is 2.36. The number of aromatic nitrogens is 4. The predicted molar refractivity (Wildman–Crippen MR) is 165 cm³/mol. The molecule has 1 aromatic carbocycles. The zero-order valence-corrected chi connectivity index (χ0v) is 26.0. The van der Waals surface area contributed by atoms with E-state index in [0.717, 1.165) is 31.7 Å². The van der Waals surface area contributed by atoms with Gasteiger partial charge in [0, 0.05) is 39.3 Å². The Morgan fingerprint density at radius 2 is 1.49 bits per heavy atom. The molecule has 0 spiro atoms. The number of halogens is 4. The Kier molecular flexibility index (Phi) is 10.9. The van der Waals surface area contributed by atoms with Gasteiger partial charge in [-0.2, -0.15) is 13.2 Å². The summed E-state index contributed by atoms with van der Waals surface area (Å²) in [4.78, 5) is 39.6. The van der Waals surface area contributed by atoms with Crippen LogP contribution in [0.4, 0.5) is 19.0 Å². The molecule has 3 aromatic rings. The fourth-order valence-electron chi connectivity index (χ4n) is 4.86. The number of benzene rings is 1. The molecule has 1 saturated heterocycles. The average Bonchev–Trinajstić information content (AvgIpc) is 4.01. The molecule has 0 bridgehead atoms. The van der Waals surface area contributed by atoms with E-state index in [1.54, 1.807) is 12.1 Å². The van der Waals surface area contributed by atoms with E-state index >= 15 is 0 Å². The number of amides is 3. The fourth-order valence-corrected chi connectivity index (χ4v) is 4.96. The second-order valence-corrected chi connectivity index (χ2v) is 12.0. The summed E-state index contributed by atoms with van der Waals surface area (Å²) in [6.07, 6.45) is -0.682. The van der Waals surface area contributed by atoms with Crippen LogP contribution >= 0.6 is 11.6 Å². The Morgan fingerprint density at radius 1 is 0.851 bits per heavy atom. The van der Waals surface area contributed by atoms with E-state index < -0.39 is 23.8 Å². The first kappa shape index (κ1) is 34.0.